The van der Waals surface area contributed by atoms with E-state index in [0.29, 0.717) is 6.04 Å². The molecule has 0 unspecified atom stereocenters. The zero-order chi connectivity index (χ0) is 16.3. The summed E-state index contributed by atoms with van der Waals surface area (Å²) < 4.78 is 0. The summed E-state index contributed by atoms with van der Waals surface area (Å²) >= 11 is 3.64. The van der Waals surface area contributed by atoms with Gasteiger partial charge in [0.15, 0.2) is 11.5 Å². The van der Waals surface area contributed by atoms with Crippen LogP contribution in [0.4, 0.5) is 0 Å². The Kier molecular flexibility index (Phi) is 3.23. The number of benzene rings is 1. The van der Waals surface area contributed by atoms with Gasteiger partial charge >= 0.3 is 0 Å². The minimum Gasteiger partial charge on any atom is -0.504 e. The predicted molar refractivity (Wildman–Crippen MR) is 98.2 cm³/mol. The number of hydrogen-bond acceptors (Lipinski definition) is 5. The monoisotopic (exact) mass is 355 g/mol. The van der Waals surface area contributed by atoms with Gasteiger partial charge in [0.25, 0.3) is 0 Å². The van der Waals surface area contributed by atoms with E-state index in [1.165, 1.54) is 20.2 Å². The molecule has 1 aliphatic carbocycles. The zero-order valence-electron chi connectivity index (χ0n) is 13.0. The molecule has 5 rings (SSSR count). The van der Waals surface area contributed by atoms with Crippen LogP contribution in [-0.2, 0) is 13.0 Å². The quantitative estimate of drug-likeness (QED) is 0.566. The van der Waals surface area contributed by atoms with Gasteiger partial charge < -0.3 is 15.5 Å². The van der Waals surface area contributed by atoms with Gasteiger partial charge in [-0.25, -0.2) is 0 Å². The van der Waals surface area contributed by atoms with Crippen LogP contribution >= 0.6 is 22.7 Å². The van der Waals surface area contributed by atoms with Crippen molar-refractivity contribution in [2.24, 2.45) is 0 Å². The molecule has 5 heteroatoms. The fourth-order valence-electron chi connectivity index (χ4n) is 4.05. The Hall–Kier alpha value is -1.82. The Morgan fingerprint density at radius 2 is 1.92 bits per heavy atom. The summed E-state index contributed by atoms with van der Waals surface area (Å²) in [5.74, 6) is 0.227. The van der Waals surface area contributed by atoms with Gasteiger partial charge in [0, 0.05) is 33.1 Å². The van der Waals surface area contributed by atoms with E-state index >= 15 is 0 Å². The van der Waals surface area contributed by atoms with Gasteiger partial charge in [0.2, 0.25) is 0 Å². The Morgan fingerprint density at radius 3 is 2.75 bits per heavy atom. The molecule has 0 fully saturated rings. The maximum atomic E-state index is 10.0. The first-order chi connectivity index (χ1) is 11.7. The number of hydrogen-bond donors (Lipinski definition) is 3. The number of nitrogens with one attached hydrogen (secondary N) is 1. The van der Waals surface area contributed by atoms with Gasteiger partial charge in [-0.15, -0.1) is 22.7 Å². The molecular formula is C19H17NO2S2. The Morgan fingerprint density at radius 1 is 1.04 bits per heavy atom. The second-order valence-electron chi connectivity index (χ2n) is 6.51. The van der Waals surface area contributed by atoms with E-state index in [9.17, 15) is 10.2 Å². The number of aromatic hydroxyl groups is 2. The van der Waals surface area contributed by atoms with Crippen molar-refractivity contribution in [1.82, 2.24) is 5.32 Å². The Bertz CT molecular complexity index is 914. The number of aryl methyl sites for hydroxylation is 1. The van der Waals surface area contributed by atoms with Crippen molar-refractivity contribution in [2.45, 2.75) is 31.3 Å². The molecule has 1 aromatic carbocycles. The molecule has 3 nitrogen and oxygen atoms in total. The molecule has 3 N–H and O–H groups in total. The van der Waals surface area contributed by atoms with Crippen molar-refractivity contribution in [3.05, 3.63) is 57.3 Å². The van der Waals surface area contributed by atoms with Gasteiger partial charge in [-0.2, -0.15) is 0 Å². The zero-order valence-corrected chi connectivity index (χ0v) is 14.6. The highest BCUT2D eigenvalue weighted by atomic mass is 32.1. The Labute approximate surface area is 148 Å². The second kappa shape index (κ2) is 5.34. The van der Waals surface area contributed by atoms with E-state index in [2.05, 4.69) is 28.9 Å². The van der Waals surface area contributed by atoms with Crippen LogP contribution in [-0.4, -0.2) is 16.3 Å². The van der Waals surface area contributed by atoms with E-state index in [-0.39, 0.29) is 17.4 Å². The third-order valence-corrected chi connectivity index (χ3v) is 7.38. The minimum atomic E-state index is -0.0183. The van der Waals surface area contributed by atoms with Crippen LogP contribution in [0.2, 0.25) is 0 Å². The molecule has 3 heterocycles. The molecular weight excluding hydrogens is 338 g/mol. The molecule has 24 heavy (non-hydrogen) atoms. The van der Waals surface area contributed by atoms with Crippen molar-refractivity contribution in [2.75, 3.05) is 0 Å². The first-order valence-corrected chi connectivity index (χ1v) is 9.85. The molecule has 3 aromatic rings. The van der Waals surface area contributed by atoms with Crippen LogP contribution in [0.25, 0.3) is 9.75 Å². The molecule has 122 valence electrons. The van der Waals surface area contributed by atoms with Crippen LogP contribution in [0, 0.1) is 0 Å². The molecule has 2 atom stereocenters. The lowest BCUT2D eigenvalue weighted by molar-refractivity contribution is 0.382. The van der Waals surface area contributed by atoms with E-state index in [1.807, 2.05) is 11.3 Å². The largest absolute Gasteiger partial charge is 0.504 e. The number of thiophene rings is 2. The second-order valence-corrected chi connectivity index (χ2v) is 8.59. The molecule has 2 aliphatic rings. The van der Waals surface area contributed by atoms with Crippen molar-refractivity contribution in [3.8, 4) is 21.3 Å². The van der Waals surface area contributed by atoms with Crippen molar-refractivity contribution < 1.29 is 10.2 Å². The maximum Gasteiger partial charge on any atom is 0.157 e. The lowest BCUT2D eigenvalue weighted by Crippen LogP contribution is -2.41. The van der Waals surface area contributed by atoms with E-state index in [1.54, 1.807) is 23.5 Å². The summed E-state index contributed by atoms with van der Waals surface area (Å²) in [7, 11) is 0. The fraction of sp³-hybridized carbons (Fsp3) is 0.263. The van der Waals surface area contributed by atoms with Gasteiger partial charge in [0.05, 0.1) is 0 Å². The van der Waals surface area contributed by atoms with E-state index in [0.717, 1.165) is 30.5 Å². The summed E-state index contributed by atoms with van der Waals surface area (Å²) in [4.78, 5) is 4.03. The standard InChI is InChI=1S/C19H17NO2S2/c21-14-6-10-3-4-13-19(11(10)7-15(14)22)12-8-17(16-2-1-5-23-16)24-18(12)9-20-13/h1-2,5-8,13,19-22H,3-4,9H2/t13-,19+/m1/s1. The first-order valence-electron chi connectivity index (χ1n) is 8.15. The molecule has 0 amide bonds. The van der Waals surface area contributed by atoms with Gasteiger partial charge in [0.1, 0.15) is 0 Å². The van der Waals surface area contributed by atoms with Crippen molar-refractivity contribution >= 4 is 22.7 Å². The van der Waals surface area contributed by atoms with Crippen molar-refractivity contribution in [1.29, 1.82) is 0 Å². The third kappa shape index (κ3) is 2.12. The molecule has 0 radical (unpaired) electrons. The summed E-state index contributed by atoms with van der Waals surface area (Å²) in [6.45, 7) is 0.923. The Balaban J connectivity index is 1.66. The molecule has 0 bridgehead atoms. The van der Waals surface area contributed by atoms with E-state index < -0.39 is 0 Å². The highest BCUT2D eigenvalue weighted by Crippen LogP contribution is 2.47. The lowest BCUT2D eigenvalue weighted by Gasteiger charge is -2.38. The average Bonchev–Trinajstić information content (AvgIpc) is 3.24. The highest BCUT2D eigenvalue weighted by Gasteiger charge is 2.36. The van der Waals surface area contributed by atoms with Crippen LogP contribution in [0.3, 0.4) is 0 Å². The van der Waals surface area contributed by atoms with Crippen LogP contribution < -0.4 is 5.32 Å². The SMILES string of the molecule is Oc1cc2c(cc1O)[C@H]1c3cc(-c4cccs4)sc3CN[C@@H]1CC2. The summed E-state index contributed by atoms with van der Waals surface area (Å²) in [5, 5.41) is 25.6. The number of fused-ring (bicyclic) bond motifs is 5. The van der Waals surface area contributed by atoms with Gasteiger partial charge in [-0.05, 0) is 59.2 Å². The summed E-state index contributed by atoms with van der Waals surface area (Å²) in [6.07, 6.45) is 2.00. The molecule has 0 spiro atoms. The normalized spacial score (nSPS) is 21.8. The number of phenolic OH excluding ortho intramolecular Hbond substituents is 2. The summed E-state index contributed by atoms with van der Waals surface area (Å²) in [6, 6.07) is 10.5. The molecule has 1 aliphatic heterocycles. The van der Waals surface area contributed by atoms with Gasteiger partial charge in [-0.1, -0.05) is 6.07 Å². The molecule has 0 saturated carbocycles. The minimum absolute atomic E-state index is 0.0132. The number of phenols is 2. The molecule has 2 aromatic heterocycles. The average molecular weight is 355 g/mol. The first kappa shape index (κ1) is 14.5. The van der Waals surface area contributed by atoms with Crippen LogP contribution in [0.5, 0.6) is 11.5 Å². The van der Waals surface area contributed by atoms with Crippen LogP contribution in [0.1, 0.15) is 33.9 Å². The third-order valence-electron chi connectivity index (χ3n) is 5.16. The van der Waals surface area contributed by atoms with Gasteiger partial charge in [-0.3, -0.25) is 0 Å². The smallest absolute Gasteiger partial charge is 0.157 e. The summed E-state index contributed by atoms with van der Waals surface area (Å²) in [5.41, 5.74) is 3.70. The fourth-order valence-corrected chi connectivity index (χ4v) is 6.03. The highest BCUT2D eigenvalue weighted by molar-refractivity contribution is 7.21. The van der Waals surface area contributed by atoms with Crippen LogP contribution in [0.15, 0.2) is 35.7 Å². The number of rotatable bonds is 1. The predicted octanol–water partition coefficient (Wildman–Crippen LogP) is 4.44. The maximum absolute atomic E-state index is 10.0. The molecule has 0 saturated heterocycles. The van der Waals surface area contributed by atoms with E-state index in [4.69, 9.17) is 0 Å². The topological polar surface area (TPSA) is 52.5 Å². The van der Waals surface area contributed by atoms with Crippen molar-refractivity contribution in [3.63, 3.8) is 0 Å². The lowest BCUT2D eigenvalue weighted by atomic mass is 9.74.